The van der Waals surface area contributed by atoms with Crippen molar-refractivity contribution in [1.29, 1.82) is 0 Å². The van der Waals surface area contributed by atoms with Crippen molar-refractivity contribution in [3.63, 3.8) is 0 Å². The number of para-hydroxylation sites is 1. The van der Waals surface area contributed by atoms with Crippen LogP contribution in [0.1, 0.15) is 30.3 Å². The second kappa shape index (κ2) is 7.15. The quantitative estimate of drug-likeness (QED) is 0.728. The molecule has 2 aromatic heterocycles. The summed E-state index contributed by atoms with van der Waals surface area (Å²) >= 11 is 0. The number of carbonyl (C=O) groups is 1. The van der Waals surface area contributed by atoms with E-state index in [0.29, 0.717) is 12.5 Å². The molecule has 3 heterocycles. The van der Waals surface area contributed by atoms with Gasteiger partial charge in [-0.05, 0) is 37.5 Å². The van der Waals surface area contributed by atoms with E-state index in [0.717, 1.165) is 43.0 Å². The van der Waals surface area contributed by atoms with Crippen LogP contribution in [-0.4, -0.2) is 43.2 Å². The molecule has 0 bridgehead atoms. The highest BCUT2D eigenvalue weighted by Gasteiger charge is 2.25. The second-order valence-corrected chi connectivity index (χ2v) is 6.82. The molecule has 26 heavy (non-hydrogen) atoms. The van der Waals surface area contributed by atoms with Crippen molar-refractivity contribution in [2.45, 2.75) is 32.2 Å². The molecule has 0 unspecified atom stereocenters. The molecule has 1 fully saturated rings. The van der Waals surface area contributed by atoms with Crippen LogP contribution in [0.25, 0.3) is 5.69 Å². The Labute approximate surface area is 153 Å². The lowest BCUT2D eigenvalue weighted by atomic mass is 10.0. The van der Waals surface area contributed by atoms with E-state index in [1.807, 2.05) is 65.4 Å². The van der Waals surface area contributed by atoms with Gasteiger partial charge in [-0.1, -0.05) is 18.2 Å². The van der Waals surface area contributed by atoms with Crippen LogP contribution >= 0.6 is 0 Å². The first-order valence-corrected chi connectivity index (χ1v) is 9.07. The Hall–Kier alpha value is -2.89. The van der Waals surface area contributed by atoms with Gasteiger partial charge in [0.15, 0.2) is 0 Å². The number of benzene rings is 1. The van der Waals surface area contributed by atoms with Gasteiger partial charge in [-0.2, -0.15) is 5.10 Å². The molecule has 1 aliphatic rings. The summed E-state index contributed by atoms with van der Waals surface area (Å²) in [4.78, 5) is 19.1. The normalized spacial score (nSPS) is 17.4. The van der Waals surface area contributed by atoms with Crippen molar-refractivity contribution in [2.75, 3.05) is 13.1 Å². The zero-order valence-electron chi connectivity index (χ0n) is 15.0. The summed E-state index contributed by atoms with van der Waals surface area (Å²) < 4.78 is 4.00. The van der Waals surface area contributed by atoms with Gasteiger partial charge in [0.05, 0.1) is 24.3 Å². The number of aromatic nitrogens is 4. The first kappa shape index (κ1) is 16.6. The molecule has 1 amide bonds. The number of hydrogen-bond acceptors (Lipinski definition) is 3. The van der Waals surface area contributed by atoms with E-state index < -0.39 is 0 Å². The fourth-order valence-corrected chi connectivity index (χ4v) is 3.64. The molecule has 0 radical (unpaired) electrons. The highest BCUT2D eigenvalue weighted by molar-refractivity contribution is 5.78. The number of likely N-dealkylation sites (tertiary alicyclic amines) is 1. The van der Waals surface area contributed by atoms with Gasteiger partial charge in [0.25, 0.3) is 0 Å². The third kappa shape index (κ3) is 3.40. The van der Waals surface area contributed by atoms with Crippen LogP contribution in [-0.2, 0) is 11.2 Å². The smallest absolute Gasteiger partial charge is 0.227 e. The molecular formula is C20H23N5O. The molecule has 0 aliphatic carbocycles. The van der Waals surface area contributed by atoms with Gasteiger partial charge in [0.1, 0.15) is 5.82 Å². The zero-order valence-corrected chi connectivity index (χ0v) is 15.0. The zero-order chi connectivity index (χ0) is 17.9. The topological polar surface area (TPSA) is 56.0 Å². The van der Waals surface area contributed by atoms with Crippen LogP contribution in [0.15, 0.2) is 55.1 Å². The Morgan fingerprint density at radius 1 is 1.27 bits per heavy atom. The number of hydrogen-bond donors (Lipinski definition) is 0. The maximum Gasteiger partial charge on any atom is 0.227 e. The molecule has 1 atom stereocenters. The van der Waals surface area contributed by atoms with Crippen molar-refractivity contribution in [1.82, 2.24) is 24.2 Å². The van der Waals surface area contributed by atoms with Crippen molar-refractivity contribution in [3.8, 4) is 5.69 Å². The summed E-state index contributed by atoms with van der Waals surface area (Å²) in [6.45, 7) is 3.59. The van der Waals surface area contributed by atoms with Crippen LogP contribution in [0.2, 0.25) is 0 Å². The summed E-state index contributed by atoms with van der Waals surface area (Å²) in [5.41, 5.74) is 1.94. The molecule has 4 rings (SSSR count). The Morgan fingerprint density at radius 3 is 2.88 bits per heavy atom. The lowest BCUT2D eigenvalue weighted by Gasteiger charge is -2.34. The van der Waals surface area contributed by atoms with E-state index >= 15 is 0 Å². The van der Waals surface area contributed by atoms with Gasteiger partial charge >= 0.3 is 0 Å². The Kier molecular flexibility index (Phi) is 4.56. The number of carbonyl (C=O) groups excluding carboxylic acids is 1. The maximum atomic E-state index is 12.8. The average molecular weight is 349 g/mol. The number of amides is 1. The van der Waals surface area contributed by atoms with Crippen molar-refractivity contribution < 1.29 is 4.79 Å². The number of rotatable bonds is 4. The van der Waals surface area contributed by atoms with Crippen LogP contribution in [0.3, 0.4) is 0 Å². The molecule has 6 nitrogen and oxygen atoms in total. The first-order chi connectivity index (χ1) is 12.7. The van der Waals surface area contributed by atoms with Gasteiger partial charge in [-0.25, -0.2) is 9.67 Å². The second-order valence-electron chi connectivity index (χ2n) is 6.82. The van der Waals surface area contributed by atoms with Gasteiger partial charge < -0.3 is 9.47 Å². The minimum atomic E-state index is 0.167. The number of aryl methyl sites for hydroxylation is 1. The van der Waals surface area contributed by atoms with Crippen LogP contribution < -0.4 is 0 Å². The molecule has 0 saturated carbocycles. The highest BCUT2D eigenvalue weighted by Crippen LogP contribution is 2.23. The third-order valence-electron chi connectivity index (χ3n) is 5.02. The molecular weight excluding hydrogens is 326 g/mol. The van der Waals surface area contributed by atoms with Crippen molar-refractivity contribution in [3.05, 3.63) is 66.5 Å². The third-order valence-corrected chi connectivity index (χ3v) is 5.02. The lowest BCUT2D eigenvalue weighted by Crippen LogP contribution is -2.41. The molecule has 1 aliphatic heterocycles. The van der Waals surface area contributed by atoms with Crippen molar-refractivity contribution in [2.24, 2.45) is 0 Å². The SMILES string of the molecule is Cc1nccn1[C@H]1CCCN(C(=O)Cc2cnn(-c3ccccc3)c2)C1. The molecule has 134 valence electrons. The van der Waals surface area contributed by atoms with Crippen LogP contribution in [0.5, 0.6) is 0 Å². The first-order valence-electron chi connectivity index (χ1n) is 9.07. The van der Waals surface area contributed by atoms with Crippen molar-refractivity contribution >= 4 is 5.91 Å². The maximum absolute atomic E-state index is 12.8. The highest BCUT2D eigenvalue weighted by atomic mass is 16.2. The number of imidazole rings is 1. The summed E-state index contributed by atoms with van der Waals surface area (Å²) in [7, 11) is 0. The predicted octanol–water partition coefficient (Wildman–Crippen LogP) is 2.78. The van der Waals surface area contributed by atoms with Gasteiger partial charge in [-0.15, -0.1) is 0 Å². The molecule has 0 N–H and O–H groups in total. The molecule has 6 heteroatoms. The van der Waals surface area contributed by atoms with Gasteiger partial charge in [-0.3, -0.25) is 4.79 Å². The summed E-state index contributed by atoms with van der Waals surface area (Å²) in [6, 6.07) is 10.3. The van der Waals surface area contributed by atoms with E-state index in [-0.39, 0.29) is 5.91 Å². The van der Waals surface area contributed by atoms with E-state index in [1.54, 1.807) is 6.20 Å². The molecule has 1 aromatic carbocycles. The Bertz CT molecular complexity index is 883. The minimum absolute atomic E-state index is 0.167. The Morgan fingerprint density at radius 2 is 2.12 bits per heavy atom. The van der Waals surface area contributed by atoms with Crippen LogP contribution in [0.4, 0.5) is 0 Å². The van der Waals surface area contributed by atoms with E-state index in [1.165, 1.54) is 0 Å². The molecule has 0 spiro atoms. The van der Waals surface area contributed by atoms with E-state index in [4.69, 9.17) is 0 Å². The summed E-state index contributed by atoms with van der Waals surface area (Å²) in [5, 5.41) is 4.39. The molecule has 3 aromatic rings. The van der Waals surface area contributed by atoms with Crippen LogP contribution in [0, 0.1) is 6.92 Å². The largest absolute Gasteiger partial charge is 0.340 e. The van der Waals surface area contributed by atoms with E-state index in [9.17, 15) is 4.79 Å². The fourth-order valence-electron chi connectivity index (χ4n) is 3.64. The summed E-state index contributed by atoms with van der Waals surface area (Å²) in [6.07, 6.45) is 10.1. The van der Waals surface area contributed by atoms with Gasteiger partial charge in [0.2, 0.25) is 5.91 Å². The molecule has 1 saturated heterocycles. The number of nitrogens with zero attached hydrogens (tertiary/aromatic N) is 5. The monoisotopic (exact) mass is 349 g/mol. The standard InChI is InChI=1S/C20H23N5O/c1-16-21-9-11-24(16)19-8-5-10-23(15-19)20(26)12-17-13-22-25(14-17)18-6-3-2-4-7-18/h2-4,6-7,9,11,13-14,19H,5,8,10,12,15H2,1H3/t19-/m0/s1. The Balaban J connectivity index is 1.42. The predicted molar refractivity (Wildman–Crippen MR) is 99.1 cm³/mol. The fraction of sp³-hybridized carbons (Fsp3) is 0.350. The number of piperidine rings is 1. The summed E-state index contributed by atoms with van der Waals surface area (Å²) in [5.74, 6) is 1.17. The average Bonchev–Trinajstić information content (AvgIpc) is 3.31. The van der Waals surface area contributed by atoms with Gasteiger partial charge in [0, 0.05) is 31.7 Å². The lowest BCUT2D eigenvalue weighted by molar-refractivity contribution is -0.132. The van der Waals surface area contributed by atoms with E-state index in [2.05, 4.69) is 14.6 Å². The minimum Gasteiger partial charge on any atom is -0.340 e.